The summed E-state index contributed by atoms with van der Waals surface area (Å²) < 4.78 is 1.96. The fraction of sp³-hybridized carbons (Fsp3) is 0.0667. The number of halogens is 1. The molecule has 0 radical (unpaired) electrons. The highest BCUT2D eigenvalue weighted by Gasteiger charge is 2.15. The second-order valence-electron chi connectivity index (χ2n) is 4.47. The molecule has 0 saturated carbocycles. The zero-order valence-electron chi connectivity index (χ0n) is 10.9. The van der Waals surface area contributed by atoms with Crippen LogP contribution in [0.15, 0.2) is 48.5 Å². The smallest absolute Gasteiger partial charge is 0.170 e. The van der Waals surface area contributed by atoms with Crippen molar-refractivity contribution < 1.29 is 0 Å². The van der Waals surface area contributed by atoms with Gasteiger partial charge in [-0.15, -0.1) is 10.2 Å². The van der Waals surface area contributed by atoms with Gasteiger partial charge in [-0.3, -0.25) is 4.57 Å². The molecule has 20 heavy (non-hydrogen) atoms. The number of para-hydroxylation sites is 1. The van der Waals surface area contributed by atoms with E-state index >= 15 is 0 Å². The summed E-state index contributed by atoms with van der Waals surface area (Å²) in [7, 11) is 0. The molecular weight excluding hydrogens is 272 g/mol. The van der Waals surface area contributed by atoms with E-state index in [-0.39, 0.29) is 0 Å². The van der Waals surface area contributed by atoms with Crippen LogP contribution in [0.1, 0.15) is 5.82 Å². The summed E-state index contributed by atoms with van der Waals surface area (Å²) in [6, 6.07) is 15.3. The molecule has 4 nitrogen and oxygen atoms in total. The van der Waals surface area contributed by atoms with Crippen LogP contribution in [0.5, 0.6) is 0 Å². The summed E-state index contributed by atoms with van der Waals surface area (Å²) in [6.07, 6.45) is 0. The number of rotatable bonds is 2. The third-order valence-electron chi connectivity index (χ3n) is 3.10. The lowest BCUT2D eigenvalue weighted by molar-refractivity contribution is 0.972. The van der Waals surface area contributed by atoms with Gasteiger partial charge in [0.05, 0.1) is 0 Å². The van der Waals surface area contributed by atoms with Crippen LogP contribution >= 0.6 is 11.6 Å². The average molecular weight is 285 g/mol. The quantitative estimate of drug-likeness (QED) is 0.733. The van der Waals surface area contributed by atoms with Gasteiger partial charge in [0.1, 0.15) is 5.82 Å². The molecule has 2 N–H and O–H groups in total. The van der Waals surface area contributed by atoms with E-state index in [0.29, 0.717) is 16.5 Å². The van der Waals surface area contributed by atoms with E-state index in [1.54, 1.807) is 18.2 Å². The standard InChI is InChI=1S/C15H13ClN4/c1-10-18-19-15(13-9-11(16)7-8-14(13)17)20(10)12-5-3-2-4-6-12/h2-9H,17H2,1H3. The Morgan fingerprint density at radius 2 is 1.80 bits per heavy atom. The molecule has 3 rings (SSSR count). The van der Waals surface area contributed by atoms with Gasteiger partial charge in [0.2, 0.25) is 0 Å². The molecule has 3 aromatic rings. The highest BCUT2D eigenvalue weighted by molar-refractivity contribution is 6.31. The number of nitrogen functional groups attached to an aromatic ring is 1. The number of aryl methyl sites for hydroxylation is 1. The zero-order chi connectivity index (χ0) is 14.1. The number of nitrogens with two attached hydrogens (primary N) is 1. The van der Waals surface area contributed by atoms with Gasteiger partial charge >= 0.3 is 0 Å². The summed E-state index contributed by atoms with van der Waals surface area (Å²) in [5.74, 6) is 1.49. The van der Waals surface area contributed by atoms with E-state index in [9.17, 15) is 0 Å². The van der Waals surface area contributed by atoms with Crippen LogP contribution in [0.3, 0.4) is 0 Å². The van der Waals surface area contributed by atoms with E-state index in [2.05, 4.69) is 10.2 Å². The maximum Gasteiger partial charge on any atom is 0.170 e. The van der Waals surface area contributed by atoms with Gasteiger partial charge in [-0.05, 0) is 37.3 Å². The molecule has 0 fully saturated rings. The fourth-order valence-electron chi connectivity index (χ4n) is 2.15. The van der Waals surface area contributed by atoms with Crippen LogP contribution in [0.4, 0.5) is 5.69 Å². The number of hydrogen-bond donors (Lipinski definition) is 1. The predicted molar refractivity (Wildman–Crippen MR) is 81.0 cm³/mol. The molecule has 1 heterocycles. The lowest BCUT2D eigenvalue weighted by Crippen LogP contribution is -2.01. The molecule has 0 bridgehead atoms. The zero-order valence-corrected chi connectivity index (χ0v) is 11.7. The van der Waals surface area contributed by atoms with E-state index in [4.69, 9.17) is 17.3 Å². The predicted octanol–water partition coefficient (Wildman–Crippen LogP) is 3.48. The molecule has 0 spiro atoms. The Balaban J connectivity index is 2.24. The SMILES string of the molecule is Cc1nnc(-c2cc(Cl)ccc2N)n1-c1ccccc1. The van der Waals surface area contributed by atoms with Crippen molar-refractivity contribution >= 4 is 17.3 Å². The molecule has 0 aliphatic rings. The van der Waals surface area contributed by atoms with Gasteiger partial charge in [-0.2, -0.15) is 0 Å². The van der Waals surface area contributed by atoms with Gasteiger partial charge < -0.3 is 5.73 Å². The molecule has 100 valence electrons. The Morgan fingerprint density at radius 1 is 1.05 bits per heavy atom. The molecule has 0 saturated heterocycles. The topological polar surface area (TPSA) is 56.7 Å². The number of benzene rings is 2. The third-order valence-corrected chi connectivity index (χ3v) is 3.33. The van der Waals surface area contributed by atoms with Crippen molar-refractivity contribution in [3.8, 4) is 17.1 Å². The van der Waals surface area contributed by atoms with Crippen LogP contribution in [0, 0.1) is 6.92 Å². The summed E-state index contributed by atoms with van der Waals surface area (Å²) in [4.78, 5) is 0. The van der Waals surface area contributed by atoms with Gasteiger partial charge in [0.25, 0.3) is 0 Å². The first-order chi connectivity index (χ1) is 9.66. The van der Waals surface area contributed by atoms with Gasteiger partial charge in [-0.1, -0.05) is 29.8 Å². The van der Waals surface area contributed by atoms with Crippen molar-refractivity contribution in [2.75, 3.05) is 5.73 Å². The fourth-order valence-corrected chi connectivity index (χ4v) is 2.32. The monoisotopic (exact) mass is 284 g/mol. The Hall–Kier alpha value is -2.33. The van der Waals surface area contributed by atoms with E-state index in [1.165, 1.54) is 0 Å². The Labute approximate surface area is 121 Å². The van der Waals surface area contributed by atoms with Gasteiger partial charge in [-0.25, -0.2) is 0 Å². The number of anilines is 1. The number of aromatic nitrogens is 3. The normalized spacial score (nSPS) is 10.7. The molecule has 0 aliphatic carbocycles. The Morgan fingerprint density at radius 3 is 2.55 bits per heavy atom. The van der Waals surface area contributed by atoms with Crippen molar-refractivity contribution in [2.24, 2.45) is 0 Å². The summed E-state index contributed by atoms with van der Waals surface area (Å²) in [5, 5.41) is 9.01. The van der Waals surface area contributed by atoms with Crippen molar-refractivity contribution in [2.45, 2.75) is 6.92 Å². The molecule has 0 aliphatic heterocycles. The van der Waals surface area contributed by atoms with Gasteiger partial charge in [0, 0.05) is 22.0 Å². The lowest BCUT2D eigenvalue weighted by Gasteiger charge is -2.10. The van der Waals surface area contributed by atoms with E-state index < -0.39 is 0 Å². The van der Waals surface area contributed by atoms with Crippen LogP contribution in [0.25, 0.3) is 17.1 Å². The molecule has 0 amide bonds. The third kappa shape index (κ3) is 2.14. The van der Waals surface area contributed by atoms with Crippen molar-refractivity contribution in [1.82, 2.24) is 14.8 Å². The second-order valence-corrected chi connectivity index (χ2v) is 4.91. The highest BCUT2D eigenvalue weighted by Crippen LogP contribution is 2.29. The molecule has 0 atom stereocenters. The Kier molecular flexibility index (Phi) is 3.16. The largest absolute Gasteiger partial charge is 0.398 e. The minimum atomic E-state index is 0.620. The number of nitrogens with zero attached hydrogens (tertiary/aromatic N) is 3. The average Bonchev–Trinajstić information content (AvgIpc) is 2.84. The molecule has 0 unspecified atom stereocenters. The van der Waals surface area contributed by atoms with E-state index in [0.717, 1.165) is 17.1 Å². The highest BCUT2D eigenvalue weighted by atomic mass is 35.5. The van der Waals surface area contributed by atoms with Crippen LogP contribution in [-0.2, 0) is 0 Å². The molecule has 1 aromatic heterocycles. The first-order valence-corrected chi connectivity index (χ1v) is 6.57. The molecule has 2 aromatic carbocycles. The lowest BCUT2D eigenvalue weighted by atomic mass is 10.1. The summed E-state index contributed by atoms with van der Waals surface area (Å²) in [5.41, 5.74) is 8.43. The van der Waals surface area contributed by atoms with Crippen LogP contribution in [-0.4, -0.2) is 14.8 Å². The first-order valence-electron chi connectivity index (χ1n) is 6.19. The van der Waals surface area contributed by atoms with Crippen molar-refractivity contribution in [3.63, 3.8) is 0 Å². The first kappa shape index (κ1) is 12.7. The summed E-state index contributed by atoms with van der Waals surface area (Å²) in [6.45, 7) is 1.91. The number of hydrogen-bond acceptors (Lipinski definition) is 3. The van der Waals surface area contributed by atoms with Crippen LogP contribution in [0.2, 0.25) is 5.02 Å². The summed E-state index contributed by atoms with van der Waals surface area (Å²) >= 11 is 6.06. The van der Waals surface area contributed by atoms with Crippen molar-refractivity contribution in [3.05, 3.63) is 59.4 Å². The second kappa shape index (κ2) is 4.98. The maximum absolute atomic E-state index is 6.06. The Bertz CT molecular complexity index is 750. The van der Waals surface area contributed by atoms with Crippen molar-refractivity contribution in [1.29, 1.82) is 0 Å². The minimum Gasteiger partial charge on any atom is -0.398 e. The molecular formula is C15H13ClN4. The van der Waals surface area contributed by atoms with E-state index in [1.807, 2.05) is 41.8 Å². The minimum absolute atomic E-state index is 0.620. The maximum atomic E-state index is 6.06. The van der Waals surface area contributed by atoms with Crippen LogP contribution < -0.4 is 5.73 Å². The molecule has 5 heteroatoms. The van der Waals surface area contributed by atoms with Gasteiger partial charge in [0.15, 0.2) is 5.82 Å².